The summed E-state index contributed by atoms with van der Waals surface area (Å²) in [5.74, 6) is -0.566. The first-order valence-electron chi connectivity index (χ1n) is 7.61. The maximum absolute atomic E-state index is 12.6. The molecule has 3 aromatic rings. The summed E-state index contributed by atoms with van der Waals surface area (Å²) in [7, 11) is 0. The number of esters is 1. The standard InChI is InChI=1S/C16H14N4O4S2/c1-2-23-13(21)9-24-20-14(11-7-8-17-19-11)15(22)26-16-18-10-5-3-4-6-12(10)25-16/h3-8H,2,9H2,1H3,(H,17,19). The van der Waals surface area contributed by atoms with E-state index in [0.29, 0.717) is 10.0 Å². The lowest BCUT2D eigenvalue weighted by Crippen LogP contribution is -2.16. The zero-order chi connectivity index (χ0) is 18.4. The number of aromatic amines is 1. The minimum atomic E-state index is -0.566. The van der Waals surface area contributed by atoms with E-state index in [1.165, 1.54) is 11.3 Å². The molecule has 2 heterocycles. The molecule has 1 N–H and O–H groups in total. The van der Waals surface area contributed by atoms with Crippen molar-refractivity contribution < 1.29 is 19.2 Å². The predicted octanol–water partition coefficient (Wildman–Crippen LogP) is 2.62. The number of carbonyl (C=O) groups excluding carboxylic acids is 2. The Morgan fingerprint density at radius 1 is 1.31 bits per heavy atom. The van der Waals surface area contributed by atoms with E-state index in [2.05, 4.69) is 20.3 Å². The van der Waals surface area contributed by atoms with Gasteiger partial charge in [0.05, 0.1) is 16.8 Å². The van der Waals surface area contributed by atoms with Crippen LogP contribution in [0.5, 0.6) is 0 Å². The zero-order valence-electron chi connectivity index (χ0n) is 13.7. The molecule has 0 radical (unpaired) electrons. The molecule has 0 bridgehead atoms. The fraction of sp³-hybridized carbons (Fsp3) is 0.188. The summed E-state index contributed by atoms with van der Waals surface area (Å²) in [5.41, 5.74) is 1.12. The average Bonchev–Trinajstić information content (AvgIpc) is 3.27. The van der Waals surface area contributed by atoms with Gasteiger partial charge in [-0.15, -0.1) is 11.3 Å². The second-order valence-electron chi connectivity index (χ2n) is 4.81. The van der Waals surface area contributed by atoms with Gasteiger partial charge in [0.2, 0.25) is 11.7 Å². The smallest absolute Gasteiger partial charge is 0.347 e. The Hall–Kier alpha value is -2.72. The lowest BCUT2D eigenvalue weighted by Gasteiger charge is -2.03. The van der Waals surface area contributed by atoms with Crippen molar-refractivity contribution in [3.05, 3.63) is 42.2 Å². The molecule has 0 saturated carbocycles. The third kappa shape index (κ3) is 4.46. The van der Waals surface area contributed by atoms with Crippen LogP contribution in [-0.2, 0) is 19.2 Å². The molecular weight excluding hydrogens is 376 g/mol. The fourth-order valence-corrected chi connectivity index (χ4v) is 3.86. The van der Waals surface area contributed by atoms with Crippen molar-refractivity contribution in [1.82, 2.24) is 15.2 Å². The van der Waals surface area contributed by atoms with Gasteiger partial charge < -0.3 is 9.57 Å². The van der Waals surface area contributed by atoms with Crippen LogP contribution in [0.3, 0.4) is 0 Å². The van der Waals surface area contributed by atoms with Gasteiger partial charge in [0, 0.05) is 6.20 Å². The molecule has 0 amide bonds. The number of ether oxygens (including phenoxy) is 1. The summed E-state index contributed by atoms with van der Waals surface area (Å²) in [6.07, 6.45) is 1.56. The first-order chi connectivity index (χ1) is 12.7. The maximum atomic E-state index is 12.6. The molecule has 134 valence electrons. The van der Waals surface area contributed by atoms with Gasteiger partial charge in [-0.05, 0) is 36.9 Å². The number of nitrogens with zero attached hydrogens (tertiary/aromatic N) is 3. The molecule has 26 heavy (non-hydrogen) atoms. The van der Waals surface area contributed by atoms with Crippen LogP contribution in [-0.4, -0.2) is 45.2 Å². The fourth-order valence-electron chi connectivity index (χ4n) is 1.96. The van der Waals surface area contributed by atoms with Gasteiger partial charge in [0.15, 0.2) is 10.1 Å². The number of carbonyl (C=O) groups is 2. The summed E-state index contributed by atoms with van der Waals surface area (Å²) in [5, 5.41) is 9.96. The van der Waals surface area contributed by atoms with E-state index in [-0.39, 0.29) is 24.0 Å². The van der Waals surface area contributed by atoms with E-state index in [4.69, 9.17) is 9.57 Å². The first kappa shape index (κ1) is 18.1. The molecule has 0 aliphatic carbocycles. The highest BCUT2D eigenvalue weighted by Gasteiger charge is 2.21. The van der Waals surface area contributed by atoms with E-state index >= 15 is 0 Å². The number of rotatable bonds is 7. The summed E-state index contributed by atoms with van der Waals surface area (Å²) in [6.45, 7) is 1.54. The van der Waals surface area contributed by atoms with Crippen molar-refractivity contribution in [1.29, 1.82) is 0 Å². The Balaban J connectivity index is 1.75. The van der Waals surface area contributed by atoms with Crippen LogP contribution in [0.1, 0.15) is 12.6 Å². The van der Waals surface area contributed by atoms with E-state index in [1.54, 1.807) is 19.2 Å². The molecule has 0 unspecified atom stereocenters. The molecule has 3 rings (SSSR count). The molecule has 10 heteroatoms. The van der Waals surface area contributed by atoms with Crippen molar-refractivity contribution in [3.8, 4) is 0 Å². The molecule has 1 aromatic carbocycles. The quantitative estimate of drug-likeness (QED) is 0.286. The zero-order valence-corrected chi connectivity index (χ0v) is 15.3. The van der Waals surface area contributed by atoms with Crippen molar-refractivity contribution in [2.24, 2.45) is 5.16 Å². The van der Waals surface area contributed by atoms with Crippen molar-refractivity contribution in [2.45, 2.75) is 11.3 Å². The number of benzene rings is 1. The number of thiazole rings is 1. The lowest BCUT2D eigenvalue weighted by molar-refractivity contribution is -0.148. The van der Waals surface area contributed by atoms with Gasteiger partial charge in [-0.25, -0.2) is 9.78 Å². The van der Waals surface area contributed by atoms with Gasteiger partial charge in [-0.3, -0.25) is 9.89 Å². The number of thioether (sulfide) groups is 1. The minimum Gasteiger partial charge on any atom is -0.463 e. The molecular formula is C16H14N4O4S2. The Bertz CT molecular complexity index is 904. The van der Waals surface area contributed by atoms with E-state index in [9.17, 15) is 9.59 Å². The molecule has 0 atom stereocenters. The van der Waals surface area contributed by atoms with Crippen LogP contribution in [0.15, 0.2) is 46.0 Å². The molecule has 0 aliphatic heterocycles. The molecule has 0 aliphatic rings. The van der Waals surface area contributed by atoms with Crippen molar-refractivity contribution >= 4 is 50.1 Å². The van der Waals surface area contributed by atoms with Crippen LogP contribution >= 0.6 is 23.1 Å². The first-order valence-corrected chi connectivity index (χ1v) is 9.24. The maximum Gasteiger partial charge on any atom is 0.347 e. The highest BCUT2D eigenvalue weighted by Crippen LogP contribution is 2.30. The summed E-state index contributed by atoms with van der Waals surface area (Å²) in [6, 6.07) is 9.20. The Kier molecular flexibility index (Phi) is 5.97. The number of hydrogen-bond acceptors (Lipinski definition) is 9. The summed E-state index contributed by atoms with van der Waals surface area (Å²) in [4.78, 5) is 33.3. The highest BCUT2D eigenvalue weighted by molar-refractivity contribution is 8.16. The lowest BCUT2D eigenvalue weighted by atomic mass is 10.3. The highest BCUT2D eigenvalue weighted by atomic mass is 32.2. The number of H-pyrrole nitrogens is 1. The number of para-hydroxylation sites is 1. The molecule has 0 saturated heterocycles. The number of hydrogen-bond donors (Lipinski definition) is 1. The predicted molar refractivity (Wildman–Crippen MR) is 98.2 cm³/mol. The largest absolute Gasteiger partial charge is 0.463 e. The average molecular weight is 390 g/mol. The van der Waals surface area contributed by atoms with Crippen molar-refractivity contribution in [3.63, 3.8) is 0 Å². The molecule has 0 spiro atoms. The van der Waals surface area contributed by atoms with Crippen LogP contribution in [0.25, 0.3) is 10.2 Å². The van der Waals surface area contributed by atoms with E-state index in [0.717, 1.165) is 22.0 Å². The summed E-state index contributed by atoms with van der Waals surface area (Å²) < 4.78 is 6.32. The third-order valence-electron chi connectivity index (χ3n) is 3.03. The molecule has 8 nitrogen and oxygen atoms in total. The number of fused-ring (bicyclic) bond motifs is 1. The van der Waals surface area contributed by atoms with Gasteiger partial charge in [0.25, 0.3) is 0 Å². The second kappa shape index (κ2) is 8.59. The van der Waals surface area contributed by atoms with Crippen LogP contribution in [0.4, 0.5) is 0 Å². The minimum absolute atomic E-state index is 0.0141. The number of aromatic nitrogens is 3. The van der Waals surface area contributed by atoms with Crippen LogP contribution < -0.4 is 0 Å². The SMILES string of the molecule is CCOC(=O)CON=C(C(=O)Sc1nc2ccccc2s1)c1cc[nH]n1. The second-order valence-corrected chi connectivity index (χ2v) is 7.07. The number of nitrogens with one attached hydrogen (secondary N) is 1. The van der Waals surface area contributed by atoms with Crippen LogP contribution in [0.2, 0.25) is 0 Å². The Labute approximate surface area is 156 Å². The van der Waals surface area contributed by atoms with Gasteiger partial charge in [0.1, 0.15) is 5.69 Å². The van der Waals surface area contributed by atoms with Crippen LogP contribution in [0, 0.1) is 0 Å². The summed E-state index contributed by atoms with van der Waals surface area (Å²) >= 11 is 2.34. The van der Waals surface area contributed by atoms with Gasteiger partial charge in [-0.2, -0.15) is 5.10 Å². The topological polar surface area (TPSA) is 107 Å². The Morgan fingerprint density at radius 2 is 2.15 bits per heavy atom. The monoisotopic (exact) mass is 390 g/mol. The molecule has 0 fully saturated rings. The van der Waals surface area contributed by atoms with Gasteiger partial charge >= 0.3 is 5.97 Å². The molecule has 2 aromatic heterocycles. The van der Waals surface area contributed by atoms with Gasteiger partial charge in [-0.1, -0.05) is 17.3 Å². The normalized spacial score (nSPS) is 11.5. The van der Waals surface area contributed by atoms with Crippen molar-refractivity contribution in [2.75, 3.05) is 13.2 Å². The Morgan fingerprint density at radius 3 is 2.88 bits per heavy atom. The van der Waals surface area contributed by atoms with E-state index in [1.807, 2.05) is 24.3 Å². The number of oxime groups is 1. The third-order valence-corrected chi connectivity index (χ3v) is 5.01. The van der Waals surface area contributed by atoms with E-state index < -0.39 is 5.97 Å².